The van der Waals surface area contributed by atoms with Gasteiger partial charge < -0.3 is 10.6 Å². The lowest BCUT2D eigenvalue weighted by Gasteiger charge is -2.35. The molecule has 23 heavy (non-hydrogen) atoms. The van der Waals surface area contributed by atoms with Crippen LogP contribution in [0.25, 0.3) is 0 Å². The third-order valence-electron chi connectivity index (χ3n) is 4.92. The summed E-state index contributed by atoms with van der Waals surface area (Å²) >= 11 is 1.37. The fraction of sp³-hybridized carbons (Fsp3) is 0.733. The molecular weight excluding hydrogens is 314 g/mol. The predicted octanol–water partition coefficient (Wildman–Crippen LogP) is 3.38. The van der Waals surface area contributed by atoms with Gasteiger partial charge in [-0.05, 0) is 31.9 Å². The normalized spacial score (nSPS) is 19.3. The van der Waals surface area contributed by atoms with E-state index in [2.05, 4.69) is 14.9 Å². The maximum absolute atomic E-state index is 11.6. The molecule has 0 unspecified atom stereocenters. The highest BCUT2D eigenvalue weighted by molar-refractivity contribution is 7.98. The van der Waals surface area contributed by atoms with Crippen molar-refractivity contribution in [2.45, 2.75) is 68.6 Å². The largest absolute Gasteiger partial charge is 0.378 e. The van der Waals surface area contributed by atoms with Gasteiger partial charge in [-0.3, -0.25) is 10.1 Å². The van der Waals surface area contributed by atoms with E-state index in [1.54, 1.807) is 0 Å². The maximum atomic E-state index is 11.6. The van der Waals surface area contributed by atoms with Crippen LogP contribution in [0.3, 0.4) is 0 Å². The molecular formula is C15H23N5O2S. The van der Waals surface area contributed by atoms with Crippen LogP contribution in [0.1, 0.15) is 51.4 Å². The van der Waals surface area contributed by atoms with Crippen LogP contribution in [-0.4, -0.2) is 33.2 Å². The average molecular weight is 337 g/mol. The van der Waals surface area contributed by atoms with Crippen LogP contribution in [0.2, 0.25) is 0 Å². The number of nitrogen functional groups attached to an aromatic ring is 1. The van der Waals surface area contributed by atoms with Crippen LogP contribution in [-0.2, 0) is 0 Å². The number of anilines is 2. The van der Waals surface area contributed by atoms with Gasteiger partial charge in [0.1, 0.15) is 0 Å². The first-order valence-electron chi connectivity index (χ1n) is 8.26. The first kappa shape index (κ1) is 16.3. The molecule has 2 aliphatic rings. The molecule has 7 nitrogen and oxygen atoms in total. The van der Waals surface area contributed by atoms with Gasteiger partial charge in [-0.2, -0.15) is 9.97 Å². The molecule has 2 fully saturated rings. The summed E-state index contributed by atoms with van der Waals surface area (Å²) in [6.45, 7) is 0. The van der Waals surface area contributed by atoms with Gasteiger partial charge in [0.2, 0.25) is 11.6 Å². The van der Waals surface area contributed by atoms with Gasteiger partial charge in [0.25, 0.3) is 0 Å². The number of thioether (sulfide) groups is 1. The van der Waals surface area contributed by atoms with Gasteiger partial charge in [0, 0.05) is 12.1 Å². The van der Waals surface area contributed by atoms with Gasteiger partial charge >= 0.3 is 5.69 Å². The van der Waals surface area contributed by atoms with Crippen molar-refractivity contribution in [3.05, 3.63) is 10.1 Å². The number of hydrogen-bond acceptors (Lipinski definition) is 7. The van der Waals surface area contributed by atoms with Crippen molar-refractivity contribution in [1.29, 1.82) is 0 Å². The molecule has 0 amide bonds. The molecule has 1 heterocycles. The summed E-state index contributed by atoms with van der Waals surface area (Å²) in [5.41, 5.74) is 5.78. The van der Waals surface area contributed by atoms with E-state index in [-0.39, 0.29) is 11.5 Å². The summed E-state index contributed by atoms with van der Waals surface area (Å²) in [5.74, 6) is 0.413. The Labute approximate surface area is 140 Å². The Bertz CT molecular complexity index is 569. The minimum Gasteiger partial charge on any atom is -0.378 e. The summed E-state index contributed by atoms with van der Waals surface area (Å²) in [6, 6.07) is 0.668. The molecule has 0 bridgehead atoms. The third-order valence-corrected chi connectivity index (χ3v) is 5.47. The standard InChI is InChI=1S/C15H23N5O2S/c1-23-15-17-13(16)12(20(21)22)14(18-15)19(10-6-2-3-7-10)11-8-4-5-9-11/h10-11H,2-9H2,1H3,(H2,16,17,18). The topological polar surface area (TPSA) is 98.2 Å². The Hall–Kier alpha value is -1.57. The summed E-state index contributed by atoms with van der Waals surface area (Å²) in [4.78, 5) is 22.0. The molecule has 2 saturated carbocycles. The number of rotatable bonds is 5. The van der Waals surface area contributed by atoms with Gasteiger partial charge in [-0.1, -0.05) is 37.4 Å². The molecule has 1 aromatic heterocycles. The molecule has 8 heteroatoms. The summed E-state index contributed by atoms with van der Waals surface area (Å²) < 4.78 is 0. The summed E-state index contributed by atoms with van der Waals surface area (Å²) in [6.07, 6.45) is 10.9. The molecule has 3 rings (SSSR count). The minimum atomic E-state index is -0.425. The van der Waals surface area contributed by atoms with E-state index in [4.69, 9.17) is 5.73 Å². The number of nitrogens with zero attached hydrogens (tertiary/aromatic N) is 4. The number of nitrogens with two attached hydrogens (primary N) is 1. The monoisotopic (exact) mass is 337 g/mol. The number of hydrogen-bond donors (Lipinski definition) is 1. The quantitative estimate of drug-likeness (QED) is 0.380. The van der Waals surface area contributed by atoms with Crippen molar-refractivity contribution < 1.29 is 4.92 Å². The smallest absolute Gasteiger partial charge is 0.353 e. The van der Waals surface area contributed by atoms with Crippen molar-refractivity contribution in [3.8, 4) is 0 Å². The highest BCUT2D eigenvalue weighted by atomic mass is 32.2. The summed E-state index contributed by atoms with van der Waals surface area (Å²) in [5, 5.41) is 12.1. The zero-order chi connectivity index (χ0) is 16.4. The van der Waals surface area contributed by atoms with Crippen molar-refractivity contribution in [2.24, 2.45) is 0 Å². The van der Waals surface area contributed by atoms with E-state index in [0.29, 0.717) is 23.1 Å². The second-order valence-corrected chi connectivity index (χ2v) is 7.08. The Morgan fingerprint density at radius 2 is 1.65 bits per heavy atom. The SMILES string of the molecule is CSc1nc(N)c([N+](=O)[O-])c(N(C2CCCC2)C2CCCC2)n1. The van der Waals surface area contributed by atoms with Crippen molar-refractivity contribution in [1.82, 2.24) is 9.97 Å². The number of nitro groups is 1. The van der Waals surface area contributed by atoms with Crippen LogP contribution >= 0.6 is 11.8 Å². The van der Waals surface area contributed by atoms with Crippen LogP contribution < -0.4 is 10.6 Å². The second-order valence-electron chi connectivity index (χ2n) is 6.31. The molecule has 2 aliphatic carbocycles. The molecule has 0 aliphatic heterocycles. The Morgan fingerprint density at radius 1 is 1.13 bits per heavy atom. The Morgan fingerprint density at radius 3 is 2.09 bits per heavy atom. The van der Waals surface area contributed by atoms with Crippen molar-refractivity contribution in [2.75, 3.05) is 16.9 Å². The predicted molar refractivity (Wildman–Crippen MR) is 91.9 cm³/mol. The maximum Gasteiger partial charge on any atom is 0.353 e. The number of aromatic nitrogens is 2. The van der Waals surface area contributed by atoms with Gasteiger partial charge in [0.05, 0.1) is 4.92 Å². The molecule has 0 spiro atoms. The van der Waals surface area contributed by atoms with Gasteiger partial charge in [0.15, 0.2) is 5.16 Å². The fourth-order valence-electron chi connectivity index (χ4n) is 3.89. The van der Waals surface area contributed by atoms with Crippen LogP contribution in [0.15, 0.2) is 5.16 Å². The molecule has 126 valence electrons. The van der Waals surface area contributed by atoms with Crippen LogP contribution in [0, 0.1) is 10.1 Å². The second kappa shape index (κ2) is 6.90. The lowest BCUT2D eigenvalue weighted by Crippen LogP contribution is -2.42. The van der Waals surface area contributed by atoms with E-state index >= 15 is 0 Å². The molecule has 0 radical (unpaired) electrons. The minimum absolute atomic E-state index is 0.0228. The Balaban J connectivity index is 2.09. The van der Waals surface area contributed by atoms with Gasteiger partial charge in [-0.15, -0.1) is 0 Å². The van der Waals surface area contributed by atoms with Crippen molar-refractivity contribution in [3.63, 3.8) is 0 Å². The molecule has 1 aromatic rings. The fourth-order valence-corrected chi connectivity index (χ4v) is 4.26. The highest BCUT2D eigenvalue weighted by Gasteiger charge is 2.37. The third kappa shape index (κ3) is 3.22. The lowest BCUT2D eigenvalue weighted by atomic mass is 10.1. The average Bonchev–Trinajstić information content (AvgIpc) is 3.20. The molecule has 0 aromatic carbocycles. The molecule has 0 saturated heterocycles. The summed E-state index contributed by atoms with van der Waals surface area (Å²) in [7, 11) is 0. The van der Waals surface area contributed by atoms with Crippen molar-refractivity contribution >= 4 is 29.1 Å². The molecule has 2 N–H and O–H groups in total. The highest BCUT2D eigenvalue weighted by Crippen LogP contribution is 2.40. The van der Waals surface area contributed by atoms with Gasteiger partial charge in [-0.25, -0.2) is 0 Å². The first-order valence-corrected chi connectivity index (χ1v) is 9.48. The van der Waals surface area contributed by atoms with Crippen LogP contribution in [0.5, 0.6) is 0 Å². The molecule has 0 atom stereocenters. The zero-order valence-corrected chi connectivity index (χ0v) is 14.2. The first-order chi connectivity index (χ1) is 11.1. The van der Waals surface area contributed by atoms with E-state index in [1.165, 1.54) is 37.4 Å². The lowest BCUT2D eigenvalue weighted by molar-refractivity contribution is -0.383. The Kier molecular flexibility index (Phi) is 4.89. The van der Waals surface area contributed by atoms with E-state index in [0.717, 1.165) is 25.7 Å². The van der Waals surface area contributed by atoms with E-state index in [9.17, 15) is 10.1 Å². The van der Waals surface area contributed by atoms with E-state index in [1.807, 2.05) is 6.26 Å². The van der Waals surface area contributed by atoms with Crippen LogP contribution in [0.4, 0.5) is 17.3 Å². The van der Waals surface area contributed by atoms with E-state index < -0.39 is 4.92 Å². The zero-order valence-electron chi connectivity index (χ0n) is 13.4.